The molecule has 8 N–H and O–H groups in total. The number of hydrogen-bond acceptors (Lipinski definition) is 11. The smallest absolute Gasteiger partial charge is 0.387 e. The van der Waals surface area contributed by atoms with Crippen molar-refractivity contribution < 1.29 is 38.9 Å². The van der Waals surface area contributed by atoms with Crippen molar-refractivity contribution in [1.29, 1.82) is 0 Å². The zero-order valence-corrected chi connectivity index (χ0v) is 15.1. The highest BCUT2D eigenvalue weighted by molar-refractivity contribution is 7.81. The summed E-state index contributed by atoms with van der Waals surface area (Å²) in [7, 11) is -4.81. The van der Waals surface area contributed by atoms with E-state index in [0.29, 0.717) is 0 Å². The largest absolute Gasteiger partial charge is 0.469 e. The lowest BCUT2D eigenvalue weighted by Crippen LogP contribution is -2.43. The van der Waals surface area contributed by atoms with Crippen LogP contribution in [0.4, 0.5) is 5.82 Å². The molecule has 3 rings (SSSR count). The Labute approximate surface area is 152 Å². The van der Waals surface area contributed by atoms with E-state index < -0.39 is 43.5 Å². The van der Waals surface area contributed by atoms with E-state index in [1.54, 1.807) is 0 Å². The van der Waals surface area contributed by atoms with Gasteiger partial charge in [-0.3, -0.25) is 9.09 Å². The van der Waals surface area contributed by atoms with Gasteiger partial charge in [-0.1, -0.05) is 0 Å². The number of phosphoric acid groups is 1. The van der Waals surface area contributed by atoms with Gasteiger partial charge in [-0.05, 0) is 6.92 Å². The van der Waals surface area contributed by atoms with Crippen LogP contribution in [0.1, 0.15) is 12.6 Å². The van der Waals surface area contributed by atoms with Crippen molar-refractivity contribution in [2.24, 2.45) is 10.7 Å². The molecule has 0 spiro atoms. The Kier molecular flexibility index (Phi) is 4.62. The molecule has 0 amide bonds. The van der Waals surface area contributed by atoms with Crippen molar-refractivity contribution in [1.82, 2.24) is 9.55 Å². The predicted octanol–water partition coefficient (Wildman–Crippen LogP) is -2.44. The van der Waals surface area contributed by atoms with Gasteiger partial charge in [0.05, 0.1) is 12.9 Å². The summed E-state index contributed by atoms with van der Waals surface area (Å²) >= 11 is 4.27. The summed E-state index contributed by atoms with van der Waals surface area (Å²) in [5.74, 6) is -0.0177. The van der Waals surface area contributed by atoms with Crippen LogP contribution in [0, 0.1) is 0 Å². The normalized spacial score (nSPS) is 37.2. The van der Waals surface area contributed by atoms with E-state index in [2.05, 4.69) is 32.4 Å². The molecule has 26 heavy (non-hydrogen) atoms. The summed E-state index contributed by atoms with van der Waals surface area (Å²) in [5.41, 5.74) is 3.96. The molecule has 146 valence electrons. The molecular formula is C11H18N5O8PS. The molecule has 15 heteroatoms. The molecule has 1 aromatic rings. The Balaban J connectivity index is 1.93. The summed E-state index contributed by atoms with van der Waals surface area (Å²) in [6.45, 7) is 0.649. The van der Waals surface area contributed by atoms with E-state index in [0.717, 1.165) is 0 Å². The molecule has 5 atom stereocenters. The number of nitrogens with two attached hydrogens (primary N) is 1. The molecule has 13 nitrogen and oxygen atoms in total. The van der Waals surface area contributed by atoms with Gasteiger partial charge in [0.15, 0.2) is 5.96 Å². The summed E-state index contributed by atoms with van der Waals surface area (Å²) < 4.78 is 21.8. The average Bonchev–Trinajstić information content (AvgIpc) is 3.01. The molecule has 0 aliphatic carbocycles. The highest BCUT2D eigenvalue weighted by atomic mass is 32.1. The molecule has 0 bridgehead atoms. The van der Waals surface area contributed by atoms with E-state index >= 15 is 0 Å². The third-order valence-corrected chi connectivity index (χ3v) is 5.04. The van der Waals surface area contributed by atoms with Crippen molar-refractivity contribution in [2.75, 3.05) is 11.9 Å². The maximum absolute atomic E-state index is 10.8. The standard InChI is InChI=1S/C11H18N5O8PS/c1-10(19)6-8(14-9(12)15-10)16(3-13-6)11(26)7(18)5(17)4(24-11)2-23-25(20,21)22/h3-5,7,17-19,26H,2H2,1H3,(H3,12,14,15)(H2,20,21,22)/t4-,5-,7-,10?,11+/m1/s1. The molecule has 0 saturated carbocycles. The van der Waals surface area contributed by atoms with Crippen LogP contribution in [0.25, 0.3) is 0 Å². The maximum atomic E-state index is 10.8. The first-order valence-electron chi connectivity index (χ1n) is 7.24. The molecule has 1 saturated heterocycles. The molecular weight excluding hydrogens is 393 g/mol. The van der Waals surface area contributed by atoms with E-state index in [-0.39, 0.29) is 17.5 Å². The number of thiol groups is 1. The highest BCUT2D eigenvalue weighted by Gasteiger charge is 2.55. The maximum Gasteiger partial charge on any atom is 0.469 e. The molecule has 2 aliphatic heterocycles. The fourth-order valence-electron chi connectivity index (χ4n) is 2.78. The Morgan fingerprint density at radius 1 is 1.54 bits per heavy atom. The number of nitrogens with zero attached hydrogens (tertiary/aromatic N) is 3. The van der Waals surface area contributed by atoms with E-state index in [1.807, 2.05) is 0 Å². The summed E-state index contributed by atoms with van der Waals surface area (Å²) in [5, 5.41) is 31.6. The monoisotopic (exact) mass is 411 g/mol. The number of hydrogen-bond donors (Lipinski definition) is 8. The number of phosphoric ester groups is 1. The number of aromatic nitrogens is 2. The molecule has 0 radical (unpaired) electrons. The van der Waals surface area contributed by atoms with Gasteiger partial charge in [-0.15, -0.1) is 12.6 Å². The number of aliphatic hydroxyl groups excluding tert-OH is 2. The third-order valence-electron chi connectivity index (χ3n) is 3.97. The topological polar surface area (TPSA) is 205 Å². The number of ether oxygens (including phenoxy) is 1. The second-order valence-corrected chi connectivity index (χ2v) is 7.87. The number of nitrogens with one attached hydrogen (secondary N) is 1. The summed E-state index contributed by atoms with van der Waals surface area (Å²) in [6.07, 6.45) is -3.34. The van der Waals surface area contributed by atoms with Crippen LogP contribution >= 0.6 is 20.5 Å². The Morgan fingerprint density at radius 2 is 2.19 bits per heavy atom. The van der Waals surface area contributed by atoms with Crippen LogP contribution in [0.3, 0.4) is 0 Å². The number of guanidine groups is 1. The van der Waals surface area contributed by atoms with Gasteiger partial charge in [0, 0.05) is 0 Å². The minimum atomic E-state index is -4.81. The number of imidazole rings is 1. The van der Waals surface area contributed by atoms with Crippen molar-refractivity contribution in [2.45, 2.75) is 36.0 Å². The highest BCUT2D eigenvalue weighted by Crippen LogP contribution is 2.45. The molecule has 1 aromatic heterocycles. The summed E-state index contributed by atoms with van der Waals surface area (Å²) in [6, 6.07) is 0. The van der Waals surface area contributed by atoms with Crippen LogP contribution in [0.15, 0.2) is 11.3 Å². The number of aliphatic hydroxyl groups is 3. The second-order valence-electron chi connectivity index (χ2n) is 5.99. The van der Waals surface area contributed by atoms with E-state index in [1.165, 1.54) is 17.8 Å². The first-order chi connectivity index (χ1) is 11.8. The van der Waals surface area contributed by atoms with Gasteiger partial charge in [-0.2, -0.15) is 0 Å². The van der Waals surface area contributed by atoms with Gasteiger partial charge in [0.25, 0.3) is 0 Å². The second kappa shape index (κ2) is 6.15. The van der Waals surface area contributed by atoms with Crippen molar-refractivity contribution in [3.8, 4) is 0 Å². The van der Waals surface area contributed by atoms with Crippen LogP contribution in [0.5, 0.6) is 0 Å². The predicted molar refractivity (Wildman–Crippen MR) is 88.9 cm³/mol. The lowest BCUT2D eigenvalue weighted by Gasteiger charge is -2.32. The number of anilines is 1. The van der Waals surface area contributed by atoms with E-state index in [4.69, 9.17) is 20.3 Å². The van der Waals surface area contributed by atoms with Gasteiger partial charge in [-0.25, -0.2) is 14.5 Å². The Bertz CT molecular complexity index is 796. The average molecular weight is 411 g/mol. The molecule has 3 heterocycles. The van der Waals surface area contributed by atoms with Crippen LogP contribution in [-0.4, -0.2) is 65.5 Å². The fraction of sp³-hybridized carbons (Fsp3) is 0.636. The van der Waals surface area contributed by atoms with Crippen LogP contribution < -0.4 is 11.1 Å². The zero-order valence-electron chi connectivity index (χ0n) is 13.3. The fourth-order valence-corrected chi connectivity index (χ4v) is 3.57. The molecule has 0 aromatic carbocycles. The summed E-state index contributed by atoms with van der Waals surface area (Å²) in [4.78, 5) is 25.4. The number of aliphatic imine (C=N–C) groups is 1. The van der Waals surface area contributed by atoms with Gasteiger partial charge in [0.1, 0.15) is 29.8 Å². The number of fused-ring (bicyclic) bond motifs is 1. The van der Waals surface area contributed by atoms with Crippen molar-refractivity contribution >= 4 is 32.2 Å². The first-order valence-corrected chi connectivity index (χ1v) is 9.22. The molecule has 2 aliphatic rings. The van der Waals surface area contributed by atoms with Crippen LogP contribution in [0.2, 0.25) is 0 Å². The minimum absolute atomic E-state index is 0.0698. The van der Waals surface area contributed by atoms with Gasteiger partial charge >= 0.3 is 7.82 Å². The molecule has 1 unspecified atom stereocenters. The Morgan fingerprint density at radius 3 is 2.81 bits per heavy atom. The SMILES string of the molecule is CC1(O)N=C(N)Nc2c1ncn2[C@]1(S)O[C@H](COP(=O)(O)O)[C@@H](O)[C@H]1O. The third kappa shape index (κ3) is 3.24. The van der Waals surface area contributed by atoms with Crippen LogP contribution in [-0.2, 0) is 24.6 Å². The lowest BCUT2D eigenvalue weighted by atomic mass is 10.1. The van der Waals surface area contributed by atoms with Gasteiger partial charge < -0.3 is 40.9 Å². The van der Waals surface area contributed by atoms with Crippen molar-refractivity contribution in [3.05, 3.63) is 12.0 Å². The minimum Gasteiger partial charge on any atom is -0.387 e. The zero-order chi connectivity index (χ0) is 19.5. The quantitative estimate of drug-likeness (QED) is 0.193. The van der Waals surface area contributed by atoms with E-state index in [9.17, 15) is 19.9 Å². The number of rotatable bonds is 4. The van der Waals surface area contributed by atoms with Crippen molar-refractivity contribution in [3.63, 3.8) is 0 Å². The first kappa shape index (κ1) is 19.5. The molecule has 1 fully saturated rings. The Hall–Kier alpha value is -1.22. The lowest BCUT2D eigenvalue weighted by molar-refractivity contribution is -0.0763. The van der Waals surface area contributed by atoms with Gasteiger partial charge in [0.2, 0.25) is 10.8 Å².